The number of unbranched alkanes of at least 4 members (excludes halogenated alkanes) is 39. The van der Waals surface area contributed by atoms with E-state index in [9.17, 15) is 14.4 Å². The fraction of sp³-hybridized carbons (Fsp3) is 0.944. The van der Waals surface area contributed by atoms with Crippen LogP contribution < -0.4 is 0 Å². The number of esters is 3. The summed E-state index contributed by atoms with van der Waals surface area (Å²) in [6.45, 7) is 6.67. The van der Waals surface area contributed by atoms with E-state index in [4.69, 9.17) is 14.2 Å². The van der Waals surface area contributed by atoms with E-state index >= 15 is 0 Å². The molecule has 0 aliphatic carbocycles. The second-order valence-electron chi connectivity index (χ2n) is 18.5. The molecule has 6 nitrogen and oxygen atoms in total. The molecule has 0 amide bonds. The first-order valence-electron chi connectivity index (χ1n) is 27.0. The van der Waals surface area contributed by atoms with Gasteiger partial charge in [0.15, 0.2) is 6.10 Å². The predicted molar refractivity (Wildman–Crippen MR) is 257 cm³/mol. The van der Waals surface area contributed by atoms with Crippen LogP contribution in [0.4, 0.5) is 0 Å². The minimum atomic E-state index is -0.759. The van der Waals surface area contributed by atoms with Crippen molar-refractivity contribution in [3.05, 3.63) is 0 Å². The smallest absolute Gasteiger partial charge is 0.306 e. The van der Waals surface area contributed by atoms with E-state index in [1.807, 2.05) is 0 Å². The lowest BCUT2D eigenvalue weighted by molar-refractivity contribution is -0.167. The molecule has 0 heterocycles. The third-order valence-electron chi connectivity index (χ3n) is 12.4. The van der Waals surface area contributed by atoms with Gasteiger partial charge in [0, 0.05) is 19.3 Å². The molecule has 0 spiro atoms. The lowest BCUT2D eigenvalue weighted by Crippen LogP contribution is -2.30. The van der Waals surface area contributed by atoms with Gasteiger partial charge in [-0.2, -0.15) is 0 Å². The summed E-state index contributed by atoms with van der Waals surface area (Å²) in [5.41, 5.74) is 0. The van der Waals surface area contributed by atoms with Crippen LogP contribution >= 0.6 is 0 Å². The minimum absolute atomic E-state index is 0.0617. The Kier molecular flexibility index (Phi) is 48.7. The predicted octanol–water partition coefficient (Wildman–Crippen LogP) is 17.6. The molecule has 0 unspecified atom stereocenters. The Hall–Kier alpha value is -1.59. The summed E-state index contributed by atoms with van der Waals surface area (Å²) < 4.78 is 16.8. The first-order chi connectivity index (χ1) is 29.5. The van der Waals surface area contributed by atoms with Crippen LogP contribution in [0.2, 0.25) is 0 Å². The van der Waals surface area contributed by atoms with Gasteiger partial charge in [-0.05, 0) is 19.3 Å². The van der Waals surface area contributed by atoms with Crippen LogP contribution in [0.25, 0.3) is 0 Å². The van der Waals surface area contributed by atoms with Crippen molar-refractivity contribution >= 4 is 17.9 Å². The Morgan fingerprint density at radius 1 is 0.267 bits per heavy atom. The fourth-order valence-corrected chi connectivity index (χ4v) is 8.27. The molecule has 0 radical (unpaired) electrons. The van der Waals surface area contributed by atoms with E-state index in [0.29, 0.717) is 19.3 Å². The Morgan fingerprint density at radius 3 is 0.667 bits per heavy atom. The molecule has 1 atom stereocenters. The average Bonchev–Trinajstić information content (AvgIpc) is 3.24. The van der Waals surface area contributed by atoms with Gasteiger partial charge >= 0.3 is 17.9 Å². The zero-order chi connectivity index (χ0) is 43.7. The van der Waals surface area contributed by atoms with Gasteiger partial charge in [-0.25, -0.2) is 0 Å². The van der Waals surface area contributed by atoms with Gasteiger partial charge in [-0.1, -0.05) is 271 Å². The van der Waals surface area contributed by atoms with Gasteiger partial charge in [0.05, 0.1) is 0 Å². The minimum Gasteiger partial charge on any atom is -0.462 e. The first kappa shape index (κ1) is 58.4. The number of hydrogen-bond acceptors (Lipinski definition) is 6. The van der Waals surface area contributed by atoms with Crippen LogP contribution in [0.15, 0.2) is 0 Å². The van der Waals surface area contributed by atoms with Gasteiger partial charge in [-0.3, -0.25) is 14.4 Å². The van der Waals surface area contributed by atoms with Gasteiger partial charge in [0.2, 0.25) is 0 Å². The Bertz CT molecular complexity index is 889. The van der Waals surface area contributed by atoms with Gasteiger partial charge in [0.1, 0.15) is 13.2 Å². The van der Waals surface area contributed by atoms with Crippen molar-refractivity contribution in [2.24, 2.45) is 0 Å². The average molecular weight is 849 g/mol. The largest absolute Gasteiger partial charge is 0.462 e. The summed E-state index contributed by atoms with van der Waals surface area (Å²) in [6, 6.07) is 0. The molecule has 0 aromatic heterocycles. The van der Waals surface area contributed by atoms with Crippen molar-refractivity contribution in [2.45, 2.75) is 316 Å². The standard InChI is InChI=1S/C54H104O6/c1-4-7-10-13-16-19-21-23-25-27-29-30-32-35-38-41-44-47-53(56)59-50-51(49-58-52(55)46-43-40-37-34-18-15-12-9-6-3)60-54(57)48-45-42-39-36-33-31-28-26-24-22-20-17-14-11-8-5-2/h51H,4-50H2,1-3H3/t51-/m0/s1. The van der Waals surface area contributed by atoms with E-state index < -0.39 is 6.10 Å². The summed E-state index contributed by atoms with van der Waals surface area (Å²) in [5, 5.41) is 0. The Labute approximate surface area is 374 Å². The van der Waals surface area contributed by atoms with Crippen LogP contribution in [-0.4, -0.2) is 37.2 Å². The number of carbonyl (C=O) groups is 3. The molecule has 0 aliphatic heterocycles. The molecule has 60 heavy (non-hydrogen) atoms. The van der Waals surface area contributed by atoms with Crippen molar-refractivity contribution in [2.75, 3.05) is 13.2 Å². The molecule has 0 fully saturated rings. The third-order valence-corrected chi connectivity index (χ3v) is 12.4. The van der Waals surface area contributed by atoms with E-state index in [1.165, 1.54) is 212 Å². The maximum atomic E-state index is 12.8. The maximum absolute atomic E-state index is 12.8. The summed E-state index contributed by atoms with van der Waals surface area (Å²) in [6.07, 6.45) is 53.8. The number of carbonyl (C=O) groups excluding carboxylic acids is 3. The summed E-state index contributed by atoms with van der Waals surface area (Å²) >= 11 is 0. The highest BCUT2D eigenvalue weighted by atomic mass is 16.6. The normalized spacial score (nSPS) is 11.8. The van der Waals surface area contributed by atoms with E-state index in [1.54, 1.807) is 0 Å². The number of rotatable bonds is 50. The highest BCUT2D eigenvalue weighted by Gasteiger charge is 2.19. The zero-order valence-corrected chi connectivity index (χ0v) is 40.8. The molecule has 0 aliphatic rings. The maximum Gasteiger partial charge on any atom is 0.306 e. The van der Waals surface area contributed by atoms with Crippen molar-refractivity contribution in [1.82, 2.24) is 0 Å². The van der Waals surface area contributed by atoms with E-state index in [0.717, 1.165) is 57.8 Å². The van der Waals surface area contributed by atoms with E-state index in [-0.39, 0.29) is 31.1 Å². The molecule has 0 saturated heterocycles. The van der Waals surface area contributed by atoms with E-state index in [2.05, 4.69) is 20.8 Å². The lowest BCUT2D eigenvalue weighted by atomic mass is 10.0. The molecule has 356 valence electrons. The fourth-order valence-electron chi connectivity index (χ4n) is 8.27. The molecular weight excluding hydrogens is 745 g/mol. The summed E-state index contributed by atoms with van der Waals surface area (Å²) in [7, 11) is 0. The number of hydrogen-bond donors (Lipinski definition) is 0. The summed E-state index contributed by atoms with van der Waals surface area (Å²) in [5.74, 6) is -0.841. The van der Waals surface area contributed by atoms with Gasteiger partial charge in [-0.15, -0.1) is 0 Å². The number of ether oxygens (including phenoxy) is 3. The van der Waals surface area contributed by atoms with Crippen LogP contribution in [-0.2, 0) is 28.6 Å². The van der Waals surface area contributed by atoms with Crippen molar-refractivity contribution in [3.63, 3.8) is 0 Å². The molecule has 0 saturated carbocycles. The first-order valence-corrected chi connectivity index (χ1v) is 27.0. The van der Waals surface area contributed by atoms with Crippen LogP contribution in [0, 0.1) is 0 Å². The van der Waals surface area contributed by atoms with Gasteiger partial charge < -0.3 is 14.2 Å². The molecule has 0 aromatic rings. The van der Waals surface area contributed by atoms with Crippen LogP contribution in [0.5, 0.6) is 0 Å². The molecule has 6 heteroatoms. The summed E-state index contributed by atoms with van der Waals surface area (Å²) in [4.78, 5) is 37.9. The van der Waals surface area contributed by atoms with Crippen molar-refractivity contribution in [3.8, 4) is 0 Å². The molecular formula is C54H104O6. The highest BCUT2D eigenvalue weighted by Crippen LogP contribution is 2.17. The molecule has 0 rings (SSSR count). The zero-order valence-electron chi connectivity index (χ0n) is 40.8. The Morgan fingerprint density at radius 2 is 0.450 bits per heavy atom. The quantitative estimate of drug-likeness (QED) is 0.0345. The van der Waals surface area contributed by atoms with Crippen molar-refractivity contribution in [1.29, 1.82) is 0 Å². The molecule has 0 bridgehead atoms. The van der Waals surface area contributed by atoms with Gasteiger partial charge in [0.25, 0.3) is 0 Å². The lowest BCUT2D eigenvalue weighted by Gasteiger charge is -2.18. The Balaban J connectivity index is 4.23. The third kappa shape index (κ3) is 47.5. The van der Waals surface area contributed by atoms with Crippen LogP contribution in [0.1, 0.15) is 310 Å². The monoisotopic (exact) mass is 849 g/mol. The van der Waals surface area contributed by atoms with Crippen LogP contribution in [0.3, 0.4) is 0 Å². The SMILES string of the molecule is CCCCCCCCCCCCCCCCCCCC(=O)OC[C@H](COC(=O)CCCCCCCCCCC)OC(=O)CCCCCCCCCCCCCCCCCC. The second-order valence-corrected chi connectivity index (χ2v) is 18.5. The molecule has 0 N–H and O–H groups in total. The van der Waals surface area contributed by atoms with Crippen molar-refractivity contribution < 1.29 is 28.6 Å². The molecule has 0 aromatic carbocycles. The topological polar surface area (TPSA) is 78.9 Å². The highest BCUT2D eigenvalue weighted by molar-refractivity contribution is 5.71. The second kappa shape index (κ2) is 50.1.